The van der Waals surface area contributed by atoms with E-state index in [4.69, 9.17) is 0 Å². The monoisotopic (exact) mass is 124 g/mol. The van der Waals surface area contributed by atoms with Gasteiger partial charge >= 0.3 is 0 Å². The van der Waals surface area contributed by atoms with Crippen molar-refractivity contribution in [1.29, 1.82) is 0 Å². The van der Waals surface area contributed by atoms with Gasteiger partial charge in [-0.2, -0.15) is 0 Å². The molecule has 0 atom stereocenters. The molecule has 0 aliphatic rings. The summed E-state index contributed by atoms with van der Waals surface area (Å²) in [6, 6.07) is 2.89. The zero-order valence-electron chi connectivity index (χ0n) is 5.55. The summed E-state index contributed by atoms with van der Waals surface area (Å²) in [5.74, 6) is 0. The Morgan fingerprint density at radius 1 is 1.78 bits per heavy atom. The Hall–Kier alpha value is -0.790. The van der Waals surface area contributed by atoms with Crippen molar-refractivity contribution in [2.45, 2.75) is 26.2 Å². The average Bonchev–Trinajstić information content (AvgIpc) is 2.34. The van der Waals surface area contributed by atoms with Gasteiger partial charge in [0.15, 0.2) is 0 Å². The summed E-state index contributed by atoms with van der Waals surface area (Å²) in [7, 11) is 0. The second-order valence-corrected chi connectivity index (χ2v) is 2.01. The number of aromatic nitrogens is 1. The molecule has 1 heterocycles. The molecule has 0 saturated carbocycles. The zero-order valence-corrected chi connectivity index (χ0v) is 5.55. The molecule has 0 fully saturated rings. The predicted octanol–water partition coefficient (Wildman–Crippen LogP) is 1.82. The highest BCUT2D eigenvalue weighted by molar-refractivity contribution is 4.91. The van der Waals surface area contributed by atoms with Gasteiger partial charge in [0, 0.05) is 6.07 Å². The maximum Gasteiger partial charge on any atom is 0.132 e. The summed E-state index contributed by atoms with van der Waals surface area (Å²) in [5.41, 5.74) is 0.942. The van der Waals surface area contributed by atoms with Crippen molar-refractivity contribution >= 4 is 0 Å². The summed E-state index contributed by atoms with van der Waals surface area (Å²) in [5, 5.41) is 3.72. The first-order valence-electron chi connectivity index (χ1n) is 3.24. The molecular weight excluding hydrogens is 114 g/mol. The van der Waals surface area contributed by atoms with Gasteiger partial charge in [-0.05, 0) is 12.8 Å². The molecule has 1 radical (unpaired) electrons. The largest absolute Gasteiger partial charge is 0.364 e. The summed E-state index contributed by atoms with van der Waals surface area (Å²) in [6.07, 6.45) is 4.85. The molecule has 1 rings (SSSR count). The molecule has 0 bridgehead atoms. The minimum absolute atomic E-state index is 0.942. The van der Waals surface area contributed by atoms with E-state index in [1.165, 1.54) is 19.1 Å². The number of hydrogen-bond donors (Lipinski definition) is 0. The third kappa shape index (κ3) is 1.88. The fourth-order valence-corrected chi connectivity index (χ4v) is 0.673. The average molecular weight is 124 g/mol. The van der Waals surface area contributed by atoms with Crippen LogP contribution in [0.25, 0.3) is 0 Å². The van der Waals surface area contributed by atoms with Crippen molar-refractivity contribution < 1.29 is 4.52 Å². The van der Waals surface area contributed by atoms with Gasteiger partial charge in [-0.25, -0.2) is 0 Å². The fourth-order valence-electron chi connectivity index (χ4n) is 0.673. The third-order valence-electron chi connectivity index (χ3n) is 1.21. The fraction of sp³-hybridized carbons (Fsp3) is 0.571. The van der Waals surface area contributed by atoms with Gasteiger partial charge < -0.3 is 4.52 Å². The normalized spacial score (nSPS) is 9.89. The molecule has 9 heavy (non-hydrogen) atoms. The Kier molecular flexibility index (Phi) is 2.31. The summed E-state index contributed by atoms with van der Waals surface area (Å²) >= 11 is 0. The molecule has 0 aromatic carbocycles. The van der Waals surface area contributed by atoms with Crippen LogP contribution in [0.5, 0.6) is 0 Å². The molecule has 2 nitrogen and oxygen atoms in total. The minimum Gasteiger partial charge on any atom is -0.364 e. The number of hydrogen-bond acceptors (Lipinski definition) is 2. The van der Waals surface area contributed by atoms with Crippen molar-refractivity contribution in [1.82, 2.24) is 5.16 Å². The Bertz CT molecular complexity index is 146. The van der Waals surface area contributed by atoms with E-state index >= 15 is 0 Å². The van der Waals surface area contributed by atoms with Gasteiger partial charge in [-0.3, -0.25) is 0 Å². The van der Waals surface area contributed by atoms with Crippen LogP contribution in [0.1, 0.15) is 25.5 Å². The van der Waals surface area contributed by atoms with Gasteiger partial charge in [0.2, 0.25) is 0 Å². The topological polar surface area (TPSA) is 26.0 Å². The molecule has 0 saturated heterocycles. The van der Waals surface area contributed by atoms with Crippen LogP contribution >= 0.6 is 0 Å². The lowest BCUT2D eigenvalue weighted by Gasteiger charge is -1.87. The summed E-state index contributed by atoms with van der Waals surface area (Å²) < 4.78 is 4.61. The van der Waals surface area contributed by atoms with Crippen molar-refractivity contribution in [2.75, 3.05) is 0 Å². The lowest BCUT2D eigenvalue weighted by molar-refractivity contribution is 0.410. The molecule has 2 heteroatoms. The lowest BCUT2D eigenvalue weighted by Crippen LogP contribution is -1.82. The van der Waals surface area contributed by atoms with Gasteiger partial charge in [-0.1, -0.05) is 18.5 Å². The van der Waals surface area contributed by atoms with E-state index in [-0.39, 0.29) is 0 Å². The maximum atomic E-state index is 4.61. The quantitative estimate of drug-likeness (QED) is 0.614. The minimum atomic E-state index is 0.942. The van der Waals surface area contributed by atoms with Crippen LogP contribution in [0.15, 0.2) is 10.8 Å². The van der Waals surface area contributed by atoms with Gasteiger partial charge in [0.05, 0.1) is 5.69 Å². The SMILES string of the molecule is CCCCc1[c]con1. The molecule has 0 spiro atoms. The molecule has 0 unspecified atom stereocenters. The molecule has 0 aliphatic heterocycles. The highest BCUT2D eigenvalue weighted by Crippen LogP contribution is 1.99. The van der Waals surface area contributed by atoms with Crippen LogP contribution in [0.3, 0.4) is 0 Å². The van der Waals surface area contributed by atoms with E-state index < -0.39 is 0 Å². The Balaban J connectivity index is 2.30. The summed E-state index contributed by atoms with van der Waals surface area (Å²) in [4.78, 5) is 0. The van der Waals surface area contributed by atoms with Crippen LogP contribution < -0.4 is 0 Å². The second-order valence-electron chi connectivity index (χ2n) is 2.01. The van der Waals surface area contributed by atoms with Gasteiger partial charge in [0.25, 0.3) is 0 Å². The molecule has 49 valence electrons. The lowest BCUT2D eigenvalue weighted by atomic mass is 10.2. The Morgan fingerprint density at radius 2 is 2.67 bits per heavy atom. The van der Waals surface area contributed by atoms with E-state index in [1.807, 2.05) is 0 Å². The Morgan fingerprint density at radius 3 is 3.22 bits per heavy atom. The first-order valence-corrected chi connectivity index (χ1v) is 3.24. The molecule has 1 aromatic rings. The van der Waals surface area contributed by atoms with Crippen molar-refractivity contribution in [3.8, 4) is 0 Å². The van der Waals surface area contributed by atoms with Crippen LogP contribution in [-0.2, 0) is 6.42 Å². The van der Waals surface area contributed by atoms with Crippen LogP contribution in [0.2, 0.25) is 0 Å². The standard InChI is InChI=1S/C7H10NO/c1-2-3-4-7-5-6-9-8-7/h6H,2-4H2,1H3. The second kappa shape index (κ2) is 3.28. The van der Waals surface area contributed by atoms with Gasteiger partial charge in [0.1, 0.15) is 6.26 Å². The van der Waals surface area contributed by atoms with Crippen LogP contribution in [0, 0.1) is 6.07 Å². The molecular formula is C7H10NO. The summed E-state index contributed by atoms with van der Waals surface area (Å²) in [6.45, 7) is 2.15. The van der Waals surface area contributed by atoms with E-state index in [0.717, 1.165) is 12.1 Å². The van der Waals surface area contributed by atoms with Crippen molar-refractivity contribution in [2.24, 2.45) is 0 Å². The van der Waals surface area contributed by atoms with E-state index in [9.17, 15) is 0 Å². The smallest absolute Gasteiger partial charge is 0.132 e. The van der Waals surface area contributed by atoms with E-state index in [0.29, 0.717) is 0 Å². The first kappa shape index (κ1) is 6.33. The highest BCUT2D eigenvalue weighted by Gasteiger charge is 1.93. The zero-order chi connectivity index (χ0) is 6.53. The Labute approximate surface area is 54.9 Å². The van der Waals surface area contributed by atoms with Gasteiger partial charge in [-0.15, -0.1) is 0 Å². The number of nitrogens with zero attached hydrogens (tertiary/aromatic N) is 1. The van der Waals surface area contributed by atoms with Crippen LogP contribution in [0.4, 0.5) is 0 Å². The molecule has 0 amide bonds. The highest BCUT2D eigenvalue weighted by atomic mass is 16.5. The maximum absolute atomic E-state index is 4.61. The van der Waals surface area contributed by atoms with Crippen molar-refractivity contribution in [3.63, 3.8) is 0 Å². The van der Waals surface area contributed by atoms with E-state index in [1.54, 1.807) is 0 Å². The predicted molar refractivity (Wildman–Crippen MR) is 34.0 cm³/mol. The number of unbranched alkanes of at least 4 members (excludes halogenated alkanes) is 1. The van der Waals surface area contributed by atoms with Crippen LogP contribution in [-0.4, -0.2) is 5.16 Å². The number of rotatable bonds is 3. The van der Waals surface area contributed by atoms with E-state index in [2.05, 4.69) is 22.7 Å². The number of aryl methyl sites for hydroxylation is 1. The first-order chi connectivity index (χ1) is 4.43. The third-order valence-corrected chi connectivity index (χ3v) is 1.21. The van der Waals surface area contributed by atoms with Crippen molar-refractivity contribution in [3.05, 3.63) is 18.0 Å². The molecule has 0 N–H and O–H groups in total. The molecule has 1 aromatic heterocycles. The molecule has 0 aliphatic carbocycles.